The molecule has 0 aromatic rings. The van der Waals surface area contributed by atoms with Crippen LogP contribution in [-0.4, -0.2) is 4.55 Å². The molecular weight excluding hydrogens is 179 g/mol. The molecule has 9 heteroatoms. The van der Waals surface area contributed by atoms with Gasteiger partial charge in [-0.2, -0.15) is 4.55 Å². The number of rotatable bonds is 0. The van der Waals surface area contributed by atoms with Crippen molar-refractivity contribution in [1.82, 2.24) is 14.3 Å². The molecule has 6 N–H and O–H groups in total. The van der Waals surface area contributed by atoms with Gasteiger partial charge in [0, 0.05) is 8.88 Å². The summed E-state index contributed by atoms with van der Waals surface area (Å²) in [4.78, 5) is 16.2. The Labute approximate surface area is 57.1 Å². The van der Waals surface area contributed by atoms with Gasteiger partial charge in [0.1, 0.15) is 8.37 Å². The fourth-order valence-corrected chi connectivity index (χ4v) is 4.14. The van der Waals surface area contributed by atoms with Crippen LogP contribution in [0.15, 0.2) is 0 Å². The summed E-state index contributed by atoms with van der Waals surface area (Å²) in [5.41, 5.74) is 5.41. The van der Waals surface area contributed by atoms with E-state index in [1.165, 1.54) is 0 Å². The van der Waals surface area contributed by atoms with Crippen LogP contribution in [0.25, 0.3) is 0 Å². The summed E-state index contributed by atoms with van der Waals surface area (Å²) in [7, 11) is -2.45. The number of nitrogens with two attached hydrogens (primary N) is 2. The molecule has 0 aromatic heterocycles. The summed E-state index contributed by atoms with van der Waals surface area (Å²) in [5, 5.41) is 0. The highest BCUT2D eigenvalue weighted by Gasteiger charge is 2.16. The van der Waals surface area contributed by atoms with Crippen molar-refractivity contribution in [2.75, 3.05) is 0 Å². The SMILES string of the molecule is NN1P(N)NPNP1[O-]. The Morgan fingerprint density at radius 3 is 2.67 bits per heavy atom. The molecule has 0 spiro atoms. The summed E-state index contributed by atoms with van der Waals surface area (Å²) >= 11 is 0. The summed E-state index contributed by atoms with van der Waals surface area (Å²) in [5.74, 6) is 5.25. The van der Waals surface area contributed by atoms with Gasteiger partial charge in [-0.15, -0.1) is 0 Å². The average molecular weight is 186 g/mol. The van der Waals surface area contributed by atoms with Gasteiger partial charge in [-0.1, -0.05) is 0 Å². The van der Waals surface area contributed by atoms with Gasteiger partial charge in [0.25, 0.3) is 0 Å². The number of nitrogens with one attached hydrogen (secondary N) is 2. The van der Waals surface area contributed by atoms with Gasteiger partial charge < -0.3 is 4.89 Å². The van der Waals surface area contributed by atoms with Crippen molar-refractivity contribution in [1.29, 1.82) is 0 Å². The first-order valence-corrected chi connectivity index (χ1v) is 5.62. The molecule has 1 fully saturated rings. The predicted octanol–water partition coefficient (Wildman–Crippen LogP) is -1.36. The van der Waals surface area contributed by atoms with Crippen LogP contribution in [-0.2, 0) is 0 Å². The van der Waals surface area contributed by atoms with E-state index in [-0.39, 0.29) is 8.88 Å². The molecule has 1 aliphatic heterocycles. The zero-order valence-corrected chi connectivity index (χ0v) is 7.19. The highest BCUT2D eigenvalue weighted by Crippen LogP contribution is 2.47. The Kier molecular flexibility index (Phi) is 3.12. The molecule has 0 amide bonds. The van der Waals surface area contributed by atoms with Gasteiger partial charge in [0.15, 0.2) is 0 Å². The number of hydrogen-bond donors (Lipinski definition) is 4. The van der Waals surface area contributed by atoms with Crippen molar-refractivity contribution in [3.63, 3.8) is 0 Å². The Morgan fingerprint density at radius 2 is 2.22 bits per heavy atom. The summed E-state index contributed by atoms with van der Waals surface area (Å²) < 4.78 is 1.11. The molecule has 0 radical (unpaired) electrons. The standard InChI is InChI=1S/H7N5OP3/c1-5-8(2)3-7-4-9(5)6/h3-4,7H,1-2H2/q-1. The molecule has 1 aliphatic rings. The van der Waals surface area contributed by atoms with Crippen LogP contribution in [0.4, 0.5) is 0 Å². The minimum atomic E-state index is -1.63. The zero-order chi connectivity index (χ0) is 6.85. The Bertz CT molecular complexity index is 88.2. The molecule has 0 bridgehead atoms. The van der Waals surface area contributed by atoms with Crippen molar-refractivity contribution >= 4 is 25.7 Å². The second-order valence-corrected chi connectivity index (χ2v) is 5.74. The van der Waals surface area contributed by atoms with E-state index in [4.69, 9.17) is 11.3 Å². The first-order valence-electron chi connectivity index (χ1n) is 2.05. The third kappa shape index (κ3) is 1.99. The number of hydrazine groups is 1. The van der Waals surface area contributed by atoms with Gasteiger partial charge in [-0.05, 0) is 8.45 Å². The van der Waals surface area contributed by atoms with E-state index in [0.29, 0.717) is 0 Å². The molecule has 3 unspecified atom stereocenters. The van der Waals surface area contributed by atoms with Gasteiger partial charge in [0.05, 0.1) is 0 Å². The number of nitrogens with zero attached hydrogens (tertiary/aromatic N) is 1. The molecule has 3 atom stereocenters. The zero-order valence-electron chi connectivity index (χ0n) is 4.40. The second kappa shape index (κ2) is 3.44. The molecule has 6 nitrogen and oxygen atoms in total. The first kappa shape index (κ1) is 8.15. The molecule has 1 rings (SSSR count). The maximum Gasteiger partial charge on any atom is 0.134 e. The third-order valence-corrected chi connectivity index (χ3v) is 5.18. The highest BCUT2D eigenvalue weighted by molar-refractivity contribution is 7.75. The lowest BCUT2D eigenvalue weighted by Gasteiger charge is -2.40. The maximum absolute atomic E-state index is 10.7. The van der Waals surface area contributed by atoms with Crippen molar-refractivity contribution in [3.05, 3.63) is 0 Å². The monoisotopic (exact) mass is 186 g/mol. The van der Waals surface area contributed by atoms with Crippen LogP contribution < -0.4 is 26.0 Å². The summed E-state index contributed by atoms with van der Waals surface area (Å²) in [6.45, 7) is 0. The van der Waals surface area contributed by atoms with E-state index in [2.05, 4.69) is 9.72 Å². The molecule has 1 saturated heterocycles. The van der Waals surface area contributed by atoms with Crippen LogP contribution in [0.1, 0.15) is 0 Å². The summed E-state index contributed by atoms with van der Waals surface area (Å²) in [6.07, 6.45) is 0. The normalized spacial score (nSPS) is 41.7. The van der Waals surface area contributed by atoms with Crippen LogP contribution in [0, 0.1) is 0 Å². The van der Waals surface area contributed by atoms with Crippen molar-refractivity contribution in [3.8, 4) is 0 Å². The fourth-order valence-electron chi connectivity index (χ4n) is 0.320. The van der Waals surface area contributed by atoms with E-state index < -0.39 is 16.8 Å². The molecule has 54 valence electrons. The molecule has 9 heavy (non-hydrogen) atoms. The summed E-state index contributed by atoms with van der Waals surface area (Å²) in [6, 6.07) is 0. The lowest BCUT2D eigenvalue weighted by Crippen LogP contribution is -2.38. The highest BCUT2D eigenvalue weighted by atomic mass is 31.3. The molecule has 0 aliphatic carbocycles. The fraction of sp³-hybridized carbons (Fsp3) is 0. The smallest absolute Gasteiger partial charge is 0.134 e. The quantitative estimate of drug-likeness (QED) is 0.275. The second-order valence-electron chi connectivity index (χ2n) is 1.29. The number of hydrogen-bond acceptors (Lipinski definition) is 6. The Morgan fingerprint density at radius 1 is 1.56 bits per heavy atom. The van der Waals surface area contributed by atoms with Crippen LogP contribution in [0.2, 0.25) is 0 Å². The minimum absolute atomic E-state index is 0.247. The van der Waals surface area contributed by atoms with E-state index in [9.17, 15) is 4.89 Å². The lowest BCUT2D eigenvalue weighted by molar-refractivity contribution is -0.168. The van der Waals surface area contributed by atoms with Gasteiger partial charge in [0.2, 0.25) is 0 Å². The van der Waals surface area contributed by atoms with E-state index in [0.717, 1.165) is 4.55 Å². The third-order valence-electron chi connectivity index (χ3n) is 0.729. The molecule has 0 saturated carbocycles. The first-order chi connectivity index (χ1) is 4.22. The topological polar surface area (TPSA) is 102 Å². The van der Waals surface area contributed by atoms with Crippen LogP contribution in [0.3, 0.4) is 0 Å². The Hall–Kier alpha value is 1.05. The van der Waals surface area contributed by atoms with Crippen LogP contribution in [0.5, 0.6) is 0 Å². The van der Waals surface area contributed by atoms with E-state index in [1.807, 2.05) is 0 Å². The van der Waals surface area contributed by atoms with Gasteiger partial charge in [-0.25, -0.2) is 4.86 Å². The minimum Gasteiger partial charge on any atom is -0.804 e. The van der Waals surface area contributed by atoms with Gasteiger partial charge in [-0.3, -0.25) is 16.2 Å². The average Bonchev–Trinajstić information content (AvgIpc) is 1.83. The maximum atomic E-state index is 10.7. The van der Waals surface area contributed by atoms with E-state index in [1.54, 1.807) is 0 Å². The van der Waals surface area contributed by atoms with Crippen molar-refractivity contribution in [2.45, 2.75) is 0 Å². The Balaban J connectivity index is 2.41. The van der Waals surface area contributed by atoms with E-state index >= 15 is 0 Å². The van der Waals surface area contributed by atoms with Crippen molar-refractivity contribution < 1.29 is 4.89 Å². The predicted molar refractivity (Wildman–Crippen MR) is 38.6 cm³/mol. The molecular formula is H7N5OP3-. The van der Waals surface area contributed by atoms with Crippen LogP contribution >= 0.6 is 25.7 Å². The molecule has 1 heterocycles. The van der Waals surface area contributed by atoms with Gasteiger partial charge >= 0.3 is 0 Å². The lowest BCUT2D eigenvalue weighted by atomic mass is 12.9. The molecule has 0 aromatic carbocycles. The van der Waals surface area contributed by atoms with Crippen molar-refractivity contribution in [2.24, 2.45) is 11.3 Å². The largest absolute Gasteiger partial charge is 0.804 e.